The molecule has 0 saturated carbocycles. The number of ether oxygens (including phenoxy) is 1. The maximum atomic E-state index is 11.1. The molecule has 0 bridgehead atoms. The van der Waals surface area contributed by atoms with Crippen LogP contribution in [0.25, 0.3) is 5.69 Å². The molecule has 2 aromatic rings. The molecule has 0 unspecified atom stereocenters. The molecule has 1 aromatic carbocycles. The predicted molar refractivity (Wildman–Crippen MR) is 70.0 cm³/mol. The number of hydrogen-bond donors (Lipinski definition) is 2. The number of methoxy groups -OCH3 is 1. The van der Waals surface area contributed by atoms with Crippen molar-refractivity contribution in [2.75, 3.05) is 7.11 Å². The summed E-state index contributed by atoms with van der Waals surface area (Å²) < 4.78 is 6.45. The lowest BCUT2D eigenvalue weighted by atomic mass is 10.2. The van der Waals surface area contributed by atoms with Gasteiger partial charge >= 0.3 is 5.97 Å². The molecule has 20 heavy (non-hydrogen) atoms. The van der Waals surface area contributed by atoms with Crippen LogP contribution in [0.15, 0.2) is 18.2 Å². The molecule has 2 rings (SSSR count). The van der Waals surface area contributed by atoms with E-state index in [0.717, 1.165) is 0 Å². The average molecular weight is 298 g/mol. The molecular formula is C12H12ClN3O4. The number of nitrogens with zero attached hydrogens (tertiary/aromatic N) is 3. The molecule has 0 radical (unpaired) electrons. The van der Waals surface area contributed by atoms with Crippen LogP contribution in [0, 0.1) is 0 Å². The molecule has 2 N–H and O–H groups in total. The monoisotopic (exact) mass is 297 g/mol. The van der Waals surface area contributed by atoms with E-state index in [2.05, 4.69) is 10.3 Å². The van der Waals surface area contributed by atoms with Gasteiger partial charge in [-0.15, -0.1) is 5.10 Å². The number of benzene rings is 1. The van der Waals surface area contributed by atoms with E-state index >= 15 is 0 Å². The fourth-order valence-corrected chi connectivity index (χ4v) is 1.95. The van der Waals surface area contributed by atoms with Crippen LogP contribution in [-0.4, -0.2) is 38.3 Å². The van der Waals surface area contributed by atoms with Gasteiger partial charge in [0.15, 0.2) is 0 Å². The Morgan fingerprint density at radius 2 is 2.25 bits per heavy atom. The van der Waals surface area contributed by atoms with Crippen LogP contribution in [-0.2, 0) is 18.0 Å². The van der Waals surface area contributed by atoms with Crippen molar-refractivity contribution >= 4 is 17.6 Å². The van der Waals surface area contributed by atoms with Gasteiger partial charge in [-0.2, -0.15) is 0 Å². The largest absolute Gasteiger partial charge is 0.478 e. The van der Waals surface area contributed by atoms with E-state index in [1.54, 1.807) is 6.07 Å². The minimum absolute atomic E-state index is 0.0337. The van der Waals surface area contributed by atoms with Crippen LogP contribution in [0.3, 0.4) is 0 Å². The third kappa shape index (κ3) is 2.64. The van der Waals surface area contributed by atoms with Crippen LogP contribution in [0.5, 0.6) is 0 Å². The molecule has 0 fully saturated rings. The lowest BCUT2D eigenvalue weighted by molar-refractivity contribution is 0.0697. The predicted octanol–water partition coefficient (Wildman–Crippen LogP) is 1.26. The second-order valence-electron chi connectivity index (χ2n) is 3.96. The van der Waals surface area contributed by atoms with E-state index in [-0.39, 0.29) is 23.8 Å². The molecule has 7 nitrogen and oxygen atoms in total. The molecule has 8 heteroatoms. The zero-order valence-electron chi connectivity index (χ0n) is 10.6. The first-order valence-corrected chi connectivity index (χ1v) is 6.02. The maximum absolute atomic E-state index is 11.1. The van der Waals surface area contributed by atoms with Crippen LogP contribution in [0.1, 0.15) is 21.7 Å². The van der Waals surface area contributed by atoms with Gasteiger partial charge in [-0.3, -0.25) is 0 Å². The van der Waals surface area contributed by atoms with E-state index in [4.69, 9.17) is 21.4 Å². The highest BCUT2D eigenvalue weighted by Crippen LogP contribution is 2.21. The normalized spacial score (nSPS) is 10.8. The summed E-state index contributed by atoms with van der Waals surface area (Å²) in [7, 11) is 1.50. The summed E-state index contributed by atoms with van der Waals surface area (Å²) in [5, 5.41) is 26.1. The zero-order chi connectivity index (χ0) is 14.7. The van der Waals surface area contributed by atoms with Crippen molar-refractivity contribution < 1.29 is 19.7 Å². The van der Waals surface area contributed by atoms with Crippen LogP contribution >= 0.6 is 11.6 Å². The maximum Gasteiger partial charge on any atom is 0.337 e. The number of carboxylic acid groups (broad SMARTS) is 1. The fraction of sp³-hybridized carbons (Fsp3) is 0.250. The summed E-state index contributed by atoms with van der Waals surface area (Å²) in [6.07, 6.45) is 0. The first-order chi connectivity index (χ1) is 9.58. The molecule has 0 spiro atoms. The molecule has 1 aromatic heterocycles. The first kappa shape index (κ1) is 14.4. The highest BCUT2D eigenvalue weighted by molar-refractivity contribution is 6.33. The number of halogens is 1. The third-order valence-corrected chi connectivity index (χ3v) is 3.03. The number of aromatic carboxylic acids is 1. The highest BCUT2D eigenvalue weighted by atomic mass is 35.5. The number of rotatable bonds is 5. The molecule has 0 aliphatic carbocycles. The number of aliphatic hydroxyl groups excluding tert-OH is 1. The smallest absolute Gasteiger partial charge is 0.337 e. The van der Waals surface area contributed by atoms with Gasteiger partial charge in [0.2, 0.25) is 0 Å². The Hall–Kier alpha value is -1.96. The Balaban J connectivity index is 2.54. The minimum atomic E-state index is -1.13. The molecule has 0 aliphatic rings. The van der Waals surface area contributed by atoms with Crippen LogP contribution < -0.4 is 0 Å². The Morgan fingerprint density at radius 1 is 1.50 bits per heavy atom. The van der Waals surface area contributed by atoms with Gasteiger partial charge in [0, 0.05) is 7.11 Å². The molecule has 1 heterocycles. The van der Waals surface area contributed by atoms with Crippen LogP contribution in [0.4, 0.5) is 0 Å². The van der Waals surface area contributed by atoms with E-state index in [0.29, 0.717) is 17.1 Å². The molecule has 0 saturated heterocycles. The van der Waals surface area contributed by atoms with Gasteiger partial charge < -0.3 is 14.9 Å². The minimum Gasteiger partial charge on any atom is -0.478 e. The Morgan fingerprint density at radius 3 is 2.85 bits per heavy atom. The second-order valence-corrected chi connectivity index (χ2v) is 4.36. The van der Waals surface area contributed by atoms with Gasteiger partial charge in [-0.1, -0.05) is 16.8 Å². The summed E-state index contributed by atoms with van der Waals surface area (Å²) in [4.78, 5) is 11.1. The Bertz CT molecular complexity index is 642. The second kappa shape index (κ2) is 6.00. The van der Waals surface area contributed by atoms with E-state index in [9.17, 15) is 9.90 Å². The highest BCUT2D eigenvalue weighted by Gasteiger charge is 2.16. The summed E-state index contributed by atoms with van der Waals surface area (Å²) in [6.45, 7) is -0.0913. The molecule has 0 atom stereocenters. The van der Waals surface area contributed by atoms with Crippen molar-refractivity contribution in [3.63, 3.8) is 0 Å². The first-order valence-electron chi connectivity index (χ1n) is 5.65. The quantitative estimate of drug-likeness (QED) is 0.862. The Kier molecular flexibility index (Phi) is 4.33. The SMILES string of the molecule is COCc1c(CO)nnn1-c1ccc(Cl)c(C(=O)O)c1. The van der Waals surface area contributed by atoms with Gasteiger partial charge in [0.25, 0.3) is 0 Å². The summed E-state index contributed by atoms with van der Waals surface area (Å²) >= 11 is 5.82. The van der Waals surface area contributed by atoms with E-state index in [1.165, 1.54) is 23.9 Å². The van der Waals surface area contributed by atoms with Crippen molar-refractivity contribution in [2.45, 2.75) is 13.2 Å². The van der Waals surface area contributed by atoms with Gasteiger partial charge in [0.1, 0.15) is 5.69 Å². The summed E-state index contributed by atoms with van der Waals surface area (Å²) in [5.41, 5.74) is 1.37. The third-order valence-electron chi connectivity index (χ3n) is 2.70. The van der Waals surface area contributed by atoms with Crippen molar-refractivity contribution in [3.8, 4) is 5.69 Å². The van der Waals surface area contributed by atoms with Crippen LogP contribution in [0.2, 0.25) is 5.02 Å². The zero-order valence-corrected chi connectivity index (χ0v) is 11.3. The molecule has 0 amide bonds. The van der Waals surface area contributed by atoms with E-state index < -0.39 is 5.97 Å². The van der Waals surface area contributed by atoms with Crippen molar-refractivity contribution in [1.29, 1.82) is 0 Å². The molecule has 106 valence electrons. The number of hydrogen-bond acceptors (Lipinski definition) is 5. The van der Waals surface area contributed by atoms with E-state index in [1.807, 2.05) is 0 Å². The lowest BCUT2D eigenvalue weighted by Crippen LogP contribution is -2.07. The number of aromatic nitrogens is 3. The van der Waals surface area contributed by atoms with Crippen molar-refractivity contribution in [2.24, 2.45) is 0 Å². The Labute approximate surface area is 119 Å². The molecule has 0 aliphatic heterocycles. The standard InChI is InChI=1S/C12H12ClN3O4/c1-20-6-11-10(5-17)14-15-16(11)7-2-3-9(13)8(4-7)12(18)19/h2-4,17H,5-6H2,1H3,(H,18,19). The van der Waals surface area contributed by atoms with Crippen molar-refractivity contribution in [3.05, 3.63) is 40.2 Å². The van der Waals surface area contributed by atoms with Gasteiger partial charge in [-0.25, -0.2) is 9.48 Å². The van der Waals surface area contributed by atoms with Gasteiger partial charge in [0.05, 0.1) is 35.2 Å². The molecular weight excluding hydrogens is 286 g/mol. The lowest BCUT2D eigenvalue weighted by Gasteiger charge is -2.08. The summed E-state index contributed by atoms with van der Waals surface area (Å²) in [5.74, 6) is -1.13. The number of carbonyl (C=O) groups is 1. The van der Waals surface area contributed by atoms with Crippen molar-refractivity contribution in [1.82, 2.24) is 15.0 Å². The number of carboxylic acids is 1. The summed E-state index contributed by atoms with van der Waals surface area (Å²) in [6, 6.07) is 4.47. The number of aliphatic hydroxyl groups is 1. The van der Waals surface area contributed by atoms with Gasteiger partial charge in [-0.05, 0) is 18.2 Å². The average Bonchev–Trinajstić information content (AvgIpc) is 2.82. The fourth-order valence-electron chi connectivity index (χ4n) is 1.75. The topological polar surface area (TPSA) is 97.5 Å².